The Morgan fingerprint density at radius 2 is 1.78 bits per heavy atom. The van der Waals surface area contributed by atoms with Crippen LogP contribution in [0.1, 0.15) is 30.9 Å². The standard InChI is InChI=1S/C20H20FNO/c1-15(17-9-5-6-10-18(17)21)13-19(23)22-14-20(11-12-20)16-7-3-2-4-8-16/h2-10,13H,11-12,14H2,1H3,(H,22,23)/b15-13-. The minimum absolute atomic E-state index is 0.0800. The molecule has 0 heterocycles. The molecule has 2 nitrogen and oxygen atoms in total. The quantitative estimate of drug-likeness (QED) is 0.829. The van der Waals surface area contributed by atoms with Crippen LogP contribution in [-0.4, -0.2) is 12.5 Å². The van der Waals surface area contributed by atoms with Gasteiger partial charge in [0.15, 0.2) is 0 Å². The van der Waals surface area contributed by atoms with Gasteiger partial charge in [-0.05, 0) is 37.0 Å². The molecular formula is C20H20FNO. The van der Waals surface area contributed by atoms with Crippen LogP contribution in [0.25, 0.3) is 5.57 Å². The minimum atomic E-state index is -0.308. The number of amides is 1. The summed E-state index contributed by atoms with van der Waals surface area (Å²) in [6.45, 7) is 2.37. The maximum absolute atomic E-state index is 13.7. The number of hydrogen-bond acceptors (Lipinski definition) is 1. The SMILES string of the molecule is C/C(=C/C(=O)NCC1(c2ccccc2)CC1)c1ccccc1F. The van der Waals surface area contributed by atoms with E-state index in [1.54, 1.807) is 25.1 Å². The van der Waals surface area contributed by atoms with E-state index in [-0.39, 0.29) is 17.1 Å². The van der Waals surface area contributed by atoms with Gasteiger partial charge in [0.05, 0.1) is 0 Å². The highest BCUT2D eigenvalue weighted by Gasteiger charge is 2.44. The van der Waals surface area contributed by atoms with Gasteiger partial charge in [-0.15, -0.1) is 0 Å². The molecule has 1 aliphatic rings. The van der Waals surface area contributed by atoms with E-state index in [0.717, 1.165) is 12.8 Å². The molecule has 0 aromatic heterocycles. The first kappa shape index (κ1) is 15.5. The Bertz CT molecular complexity index is 732. The molecule has 3 heteroatoms. The second kappa shape index (κ2) is 6.37. The lowest BCUT2D eigenvalue weighted by Gasteiger charge is -2.16. The maximum atomic E-state index is 13.7. The normalized spacial score (nSPS) is 16.0. The lowest BCUT2D eigenvalue weighted by molar-refractivity contribution is -0.116. The minimum Gasteiger partial charge on any atom is -0.352 e. The average Bonchev–Trinajstić information content (AvgIpc) is 3.35. The first-order chi connectivity index (χ1) is 11.1. The molecule has 1 N–H and O–H groups in total. The molecule has 118 valence electrons. The number of halogens is 1. The first-order valence-corrected chi connectivity index (χ1v) is 7.87. The van der Waals surface area contributed by atoms with E-state index in [2.05, 4.69) is 17.4 Å². The summed E-state index contributed by atoms with van der Waals surface area (Å²) in [5.41, 5.74) is 2.45. The van der Waals surface area contributed by atoms with E-state index in [1.807, 2.05) is 18.2 Å². The van der Waals surface area contributed by atoms with Crippen molar-refractivity contribution < 1.29 is 9.18 Å². The van der Waals surface area contributed by atoms with E-state index >= 15 is 0 Å². The molecule has 0 radical (unpaired) electrons. The summed E-state index contributed by atoms with van der Waals surface area (Å²) in [7, 11) is 0. The Morgan fingerprint density at radius 1 is 1.13 bits per heavy atom. The molecule has 1 saturated carbocycles. The Kier molecular flexibility index (Phi) is 4.28. The summed E-state index contributed by atoms with van der Waals surface area (Å²) >= 11 is 0. The van der Waals surface area contributed by atoms with Crippen LogP contribution in [0.5, 0.6) is 0 Å². The van der Waals surface area contributed by atoms with Gasteiger partial charge in [0, 0.05) is 23.6 Å². The number of carbonyl (C=O) groups excluding carboxylic acids is 1. The fraction of sp³-hybridized carbons (Fsp3) is 0.250. The monoisotopic (exact) mass is 309 g/mol. The molecule has 1 amide bonds. The predicted octanol–water partition coefficient (Wildman–Crippen LogP) is 4.08. The van der Waals surface area contributed by atoms with Crippen molar-refractivity contribution in [3.8, 4) is 0 Å². The maximum Gasteiger partial charge on any atom is 0.244 e. The van der Waals surface area contributed by atoms with Crippen molar-refractivity contribution in [2.45, 2.75) is 25.2 Å². The number of hydrogen-bond donors (Lipinski definition) is 1. The summed E-state index contributed by atoms with van der Waals surface area (Å²) in [5.74, 6) is -0.482. The molecule has 0 saturated heterocycles. The van der Waals surface area contributed by atoms with Crippen LogP contribution >= 0.6 is 0 Å². The molecule has 1 aliphatic carbocycles. The third kappa shape index (κ3) is 3.50. The fourth-order valence-electron chi connectivity index (χ4n) is 2.87. The Balaban J connectivity index is 1.64. The van der Waals surface area contributed by atoms with Crippen molar-refractivity contribution in [3.63, 3.8) is 0 Å². The fourth-order valence-corrected chi connectivity index (χ4v) is 2.87. The highest BCUT2D eigenvalue weighted by Crippen LogP contribution is 2.47. The van der Waals surface area contributed by atoms with E-state index in [9.17, 15) is 9.18 Å². The van der Waals surface area contributed by atoms with Gasteiger partial charge in [-0.25, -0.2) is 4.39 Å². The Labute approximate surface area is 136 Å². The zero-order valence-electron chi connectivity index (χ0n) is 13.2. The van der Waals surface area contributed by atoms with E-state index in [4.69, 9.17) is 0 Å². The molecule has 0 atom stereocenters. The van der Waals surface area contributed by atoms with Crippen molar-refractivity contribution in [2.24, 2.45) is 0 Å². The van der Waals surface area contributed by atoms with Gasteiger partial charge in [-0.1, -0.05) is 48.5 Å². The van der Waals surface area contributed by atoms with Crippen LogP contribution in [-0.2, 0) is 10.2 Å². The molecule has 23 heavy (non-hydrogen) atoms. The lowest BCUT2D eigenvalue weighted by atomic mass is 9.96. The van der Waals surface area contributed by atoms with Crippen LogP contribution in [0.4, 0.5) is 4.39 Å². The predicted molar refractivity (Wildman–Crippen MR) is 90.4 cm³/mol. The summed E-state index contributed by atoms with van der Waals surface area (Å²) < 4.78 is 13.7. The highest BCUT2D eigenvalue weighted by atomic mass is 19.1. The number of allylic oxidation sites excluding steroid dienone is 1. The largest absolute Gasteiger partial charge is 0.352 e. The summed E-state index contributed by atoms with van der Waals surface area (Å²) in [6.07, 6.45) is 3.65. The molecule has 0 bridgehead atoms. The van der Waals surface area contributed by atoms with Gasteiger partial charge >= 0.3 is 0 Å². The molecule has 2 aromatic carbocycles. The topological polar surface area (TPSA) is 29.1 Å². The van der Waals surface area contributed by atoms with Gasteiger partial charge in [0.1, 0.15) is 5.82 Å². The molecule has 0 aliphatic heterocycles. The van der Waals surface area contributed by atoms with Crippen LogP contribution in [0.15, 0.2) is 60.7 Å². The molecule has 0 spiro atoms. The third-order valence-corrected chi connectivity index (χ3v) is 4.49. The van der Waals surface area contributed by atoms with Gasteiger partial charge in [0.25, 0.3) is 0 Å². The Morgan fingerprint density at radius 3 is 2.43 bits per heavy atom. The summed E-state index contributed by atoms with van der Waals surface area (Å²) in [5, 5.41) is 2.97. The average molecular weight is 309 g/mol. The van der Waals surface area contributed by atoms with E-state index in [1.165, 1.54) is 17.7 Å². The third-order valence-electron chi connectivity index (χ3n) is 4.49. The molecule has 0 unspecified atom stereocenters. The first-order valence-electron chi connectivity index (χ1n) is 7.87. The summed E-state index contributed by atoms with van der Waals surface area (Å²) in [6, 6.07) is 16.8. The zero-order chi connectivity index (χ0) is 16.3. The molecule has 2 aromatic rings. The number of carbonyl (C=O) groups is 1. The van der Waals surface area contributed by atoms with Gasteiger partial charge in [0.2, 0.25) is 5.91 Å². The van der Waals surface area contributed by atoms with Crippen molar-refractivity contribution in [1.82, 2.24) is 5.32 Å². The van der Waals surface area contributed by atoms with Gasteiger partial charge in [-0.2, -0.15) is 0 Å². The number of benzene rings is 2. The van der Waals surface area contributed by atoms with E-state index in [0.29, 0.717) is 17.7 Å². The number of nitrogens with one attached hydrogen (secondary N) is 1. The molecular weight excluding hydrogens is 289 g/mol. The second-order valence-corrected chi connectivity index (χ2v) is 6.17. The van der Waals surface area contributed by atoms with Crippen LogP contribution in [0, 0.1) is 5.82 Å². The van der Waals surface area contributed by atoms with Gasteiger partial charge < -0.3 is 5.32 Å². The zero-order valence-corrected chi connectivity index (χ0v) is 13.2. The van der Waals surface area contributed by atoms with Crippen molar-refractivity contribution in [1.29, 1.82) is 0 Å². The Hall–Kier alpha value is -2.42. The molecule has 1 fully saturated rings. The van der Waals surface area contributed by atoms with Crippen LogP contribution in [0.3, 0.4) is 0 Å². The van der Waals surface area contributed by atoms with Gasteiger partial charge in [-0.3, -0.25) is 4.79 Å². The lowest BCUT2D eigenvalue weighted by Crippen LogP contribution is -2.31. The van der Waals surface area contributed by atoms with Crippen molar-refractivity contribution in [3.05, 3.63) is 77.6 Å². The van der Waals surface area contributed by atoms with Crippen molar-refractivity contribution in [2.75, 3.05) is 6.54 Å². The van der Waals surface area contributed by atoms with Crippen molar-refractivity contribution >= 4 is 11.5 Å². The smallest absolute Gasteiger partial charge is 0.244 e. The van der Waals surface area contributed by atoms with Crippen LogP contribution in [0.2, 0.25) is 0 Å². The molecule has 3 rings (SSSR count). The second-order valence-electron chi connectivity index (χ2n) is 6.17. The number of rotatable bonds is 5. The van der Waals surface area contributed by atoms with E-state index < -0.39 is 0 Å². The highest BCUT2D eigenvalue weighted by molar-refractivity contribution is 5.94. The summed E-state index contributed by atoms with van der Waals surface area (Å²) in [4.78, 5) is 12.1. The van der Waals surface area contributed by atoms with Crippen LogP contribution < -0.4 is 5.32 Å².